The molecular weight excluding hydrogens is 319 g/mol. The molecule has 5 N–H and O–H groups in total. The maximum Gasteiger partial charge on any atom is 0.350 e. The van der Waals surface area contributed by atoms with E-state index in [9.17, 15) is 9.18 Å². The topological polar surface area (TPSA) is 84.4 Å². The number of aryl methyl sites for hydroxylation is 1. The Kier molecular flexibility index (Phi) is 5.33. The molecule has 0 aliphatic heterocycles. The normalized spacial score (nSPS) is 10.8. The standard InChI is InChI=1S/C16H16ClFN4O/c1-10-4-2-6-14(18)11(10)8-9-12-13(17)5-3-7-15(12)22(20)16(23)21-19/h2-9H,19-20H2,1H3,(H,21,23)/b9-8+. The molecular formula is C16H16ClFN4O. The number of hydrogen-bond donors (Lipinski definition) is 3. The van der Waals surface area contributed by atoms with Crippen molar-refractivity contribution < 1.29 is 9.18 Å². The van der Waals surface area contributed by atoms with Crippen LogP contribution in [0.4, 0.5) is 14.9 Å². The third kappa shape index (κ3) is 3.68. The quantitative estimate of drug-likeness (QED) is 0.349. The summed E-state index contributed by atoms with van der Waals surface area (Å²) in [5.74, 6) is 10.5. The third-order valence-electron chi connectivity index (χ3n) is 3.32. The summed E-state index contributed by atoms with van der Waals surface area (Å²) in [6.07, 6.45) is 3.19. The number of benzene rings is 2. The second kappa shape index (κ2) is 7.23. The number of rotatable bonds is 3. The van der Waals surface area contributed by atoms with E-state index in [2.05, 4.69) is 0 Å². The van der Waals surface area contributed by atoms with Gasteiger partial charge in [-0.15, -0.1) is 0 Å². The molecule has 2 amide bonds. The first-order valence-electron chi connectivity index (χ1n) is 6.72. The monoisotopic (exact) mass is 334 g/mol. The summed E-state index contributed by atoms with van der Waals surface area (Å²) in [4.78, 5) is 11.6. The Morgan fingerprint density at radius 1 is 1.22 bits per heavy atom. The molecule has 0 aromatic heterocycles. The number of nitrogens with one attached hydrogen (secondary N) is 1. The van der Waals surface area contributed by atoms with Crippen LogP contribution in [-0.2, 0) is 0 Å². The lowest BCUT2D eigenvalue weighted by molar-refractivity contribution is 0.246. The van der Waals surface area contributed by atoms with Gasteiger partial charge in [-0.25, -0.2) is 25.9 Å². The first-order valence-corrected chi connectivity index (χ1v) is 7.10. The molecule has 0 aliphatic carbocycles. The lowest BCUT2D eigenvalue weighted by atomic mass is 10.1. The van der Waals surface area contributed by atoms with Crippen molar-refractivity contribution in [2.75, 3.05) is 5.01 Å². The highest BCUT2D eigenvalue weighted by atomic mass is 35.5. The van der Waals surface area contributed by atoms with Crippen LogP contribution in [0.2, 0.25) is 5.02 Å². The minimum Gasteiger partial charge on any atom is -0.274 e. The molecule has 0 saturated heterocycles. The van der Waals surface area contributed by atoms with E-state index in [-0.39, 0.29) is 5.82 Å². The molecule has 2 aromatic rings. The van der Waals surface area contributed by atoms with Gasteiger partial charge in [0.1, 0.15) is 5.82 Å². The van der Waals surface area contributed by atoms with Crippen molar-refractivity contribution in [3.8, 4) is 0 Å². The Morgan fingerprint density at radius 2 is 1.87 bits per heavy atom. The molecule has 0 atom stereocenters. The molecule has 2 aromatic carbocycles. The number of nitrogens with two attached hydrogens (primary N) is 2. The van der Waals surface area contributed by atoms with Crippen molar-refractivity contribution in [3.63, 3.8) is 0 Å². The first-order chi connectivity index (χ1) is 11.0. The summed E-state index contributed by atoms with van der Waals surface area (Å²) in [7, 11) is 0. The van der Waals surface area contributed by atoms with Crippen LogP contribution in [0.25, 0.3) is 12.2 Å². The molecule has 5 nitrogen and oxygen atoms in total. The number of anilines is 1. The molecule has 120 valence electrons. The van der Waals surface area contributed by atoms with Crippen LogP contribution >= 0.6 is 11.6 Å². The van der Waals surface area contributed by atoms with Crippen molar-refractivity contribution in [1.29, 1.82) is 0 Å². The molecule has 0 saturated carbocycles. The summed E-state index contributed by atoms with van der Waals surface area (Å²) in [5, 5.41) is 1.20. The van der Waals surface area contributed by atoms with Gasteiger partial charge in [-0.3, -0.25) is 5.43 Å². The first kappa shape index (κ1) is 17.0. The van der Waals surface area contributed by atoms with Crippen LogP contribution in [0.5, 0.6) is 0 Å². The second-order valence-electron chi connectivity index (χ2n) is 4.80. The number of carbonyl (C=O) groups excluding carboxylic acids is 1. The molecule has 23 heavy (non-hydrogen) atoms. The molecule has 0 fully saturated rings. The highest BCUT2D eigenvalue weighted by Gasteiger charge is 2.15. The molecule has 2 rings (SSSR count). The van der Waals surface area contributed by atoms with E-state index >= 15 is 0 Å². The largest absolute Gasteiger partial charge is 0.350 e. The van der Waals surface area contributed by atoms with E-state index in [0.29, 0.717) is 21.8 Å². The Labute approximate surface area is 138 Å². The van der Waals surface area contributed by atoms with Gasteiger partial charge in [0.05, 0.1) is 5.69 Å². The minimum absolute atomic E-state index is 0.339. The summed E-state index contributed by atoms with van der Waals surface area (Å²) in [5.41, 5.74) is 3.96. The van der Waals surface area contributed by atoms with Gasteiger partial charge in [0.15, 0.2) is 0 Å². The van der Waals surface area contributed by atoms with Crippen LogP contribution in [0.1, 0.15) is 16.7 Å². The number of carbonyl (C=O) groups is 1. The fourth-order valence-electron chi connectivity index (χ4n) is 2.10. The SMILES string of the molecule is Cc1cccc(F)c1/C=C/c1c(Cl)cccc1N(N)C(=O)NN. The minimum atomic E-state index is -0.705. The van der Waals surface area contributed by atoms with Gasteiger partial charge in [-0.05, 0) is 30.7 Å². The maximum atomic E-state index is 13.9. The van der Waals surface area contributed by atoms with Gasteiger partial charge in [0.25, 0.3) is 0 Å². The summed E-state index contributed by atoms with van der Waals surface area (Å²) in [6.45, 7) is 1.80. The molecule has 0 radical (unpaired) electrons. The molecule has 0 heterocycles. The summed E-state index contributed by atoms with van der Waals surface area (Å²) < 4.78 is 13.9. The predicted octanol–water partition coefficient (Wildman–Crippen LogP) is 3.22. The molecule has 0 bridgehead atoms. The highest BCUT2D eigenvalue weighted by Crippen LogP contribution is 2.29. The fraction of sp³-hybridized carbons (Fsp3) is 0.0625. The van der Waals surface area contributed by atoms with Gasteiger partial charge in [-0.2, -0.15) is 0 Å². The van der Waals surface area contributed by atoms with E-state index < -0.39 is 6.03 Å². The van der Waals surface area contributed by atoms with Crippen molar-refractivity contribution >= 4 is 35.5 Å². The van der Waals surface area contributed by atoms with E-state index in [1.807, 2.05) is 5.43 Å². The van der Waals surface area contributed by atoms with E-state index in [1.165, 1.54) is 6.07 Å². The van der Waals surface area contributed by atoms with Gasteiger partial charge >= 0.3 is 6.03 Å². The van der Waals surface area contributed by atoms with Gasteiger partial charge < -0.3 is 0 Å². The highest BCUT2D eigenvalue weighted by molar-refractivity contribution is 6.32. The summed E-state index contributed by atoms with van der Waals surface area (Å²) >= 11 is 6.18. The molecule has 0 aliphatic rings. The summed E-state index contributed by atoms with van der Waals surface area (Å²) in [6, 6.07) is 9.00. The zero-order valence-electron chi connectivity index (χ0n) is 12.4. The van der Waals surface area contributed by atoms with Crippen LogP contribution in [0, 0.1) is 12.7 Å². The lowest BCUT2D eigenvalue weighted by Gasteiger charge is -2.18. The van der Waals surface area contributed by atoms with Crippen LogP contribution in [0.3, 0.4) is 0 Å². The smallest absolute Gasteiger partial charge is 0.274 e. The average Bonchev–Trinajstić information content (AvgIpc) is 2.54. The van der Waals surface area contributed by atoms with Crippen molar-refractivity contribution in [1.82, 2.24) is 5.43 Å². The number of urea groups is 1. The Hall–Kier alpha value is -2.41. The number of halogens is 2. The number of hydrogen-bond acceptors (Lipinski definition) is 3. The molecule has 7 heteroatoms. The van der Waals surface area contributed by atoms with Crippen LogP contribution < -0.4 is 22.1 Å². The average molecular weight is 335 g/mol. The zero-order chi connectivity index (χ0) is 17.0. The predicted molar refractivity (Wildman–Crippen MR) is 90.9 cm³/mol. The van der Waals surface area contributed by atoms with Crippen LogP contribution in [0.15, 0.2) is 36.4 Å². The molecule has 0 spiro atoms. The van der Waals surface area contributed by atoms with Crippen LogP contribution in [-0.4, -0.2) is 6.03 Å². The van der Waals surface area contributed by atoms with Gasteiger partial charge in [0.2, 0.25) is 0 Å². The lowest BCUT2D eigenvalue weighted by Crippen LogP contribution is -2.47. The number of amides is 2. The van der Waals surface area contributed by atoms with Crippen molar-refractivity contribution in [2.24, 2.45) is 11.7 Å². The van der Waals surface area contributed by atoms with Gasteiger partial charge in [-0.1, -0.05) is 42.0 Å². The number of nitrogens with zero attached hydrogens (tertiary/aromatic N) is 1. The molecule has 0 unspecified atom stereocenters. The number of hydrazine groups is 2. The fourth-order valence-corrected chi connectivity index (χ4v) is 2.33. The van der Waals surface area contributed by atoms with E-state index in [1.54, 1.807) is 49.4 Å². The van der Waals surface area contributed by atoms with Crippen molar-refractivity contribution in [3.05, 3.63) is 63.9 Å². The second-order valence-corrected chi connectivity index (χ2v) is 5.20. The zero-order valence-corrected chi connectivity index (χ0v) is 13.1. The van der Waals surface area contributed by atoms with Crippen molar-refractivity contribution in [2.45, 2.75) is 6.92 Å². The van der Waals surface area contributed by atoms with E-state index in [0.717, 1.165) is 10.6 Å². The Bertz CT molecular complexity index is 743. The Balaban J connectivity index is 2.48. The van der Waals surface area contributed by atoms with E-state index in [4.69, 9.17) is 23.3 Å². The maximum absolute atomic E-state index is 13.9. The Morgan fingerprint density at radius 3 is 2.52 bits per heavy atom. The third-order valence-corrected chi connectivity index (χ3v) is 3.65. The van der Waals surface area contributed by atoms with Gasteiger partial charge in [0, 0.05) is 16.1 Å².